The maximum Gasteiger partial charge on any atom is 0.329 e. The number of urea groups is 1. The second-order valence-corrected chi connectivity index (χ2v) is 3.67. The van der Waals surface area contributed by atoms with Gasteiger partial charge < -0.3 is 25.2 Å². The number of rotatable bonds is 7. The third-order valence-corrected chi connectivity index (χ3v) is 2.17. The van der Waals surface area contributed by atoms with Crippen molar-refractivity contribution in [2.24, 2.45) is 0 Å². The van der Waals surface area contributed by atoms with E-state index in [0.717, 1.165) is 6.07 Å². The minimum Gasteiger partial charge on any atom is -0.494 e. The molecule has 0 spiro atoms. The first-order valence-corrected chi connectivity index (χ1v) is 5.71. The molecule has 0 atom stereocenters. The van der Waals surface area contributed by atoms with Crippen LogP contribution in [0.15, 0.2) is 18.2 Å². The molecule has 0 saturated heterocycles. The summed E-state index contributed by atoms with van der Waals surface area (Å²) in [5.41, 5.74) is 0.317. The minimum absolute atomic E-state index is 0.0697. The summed E-state index contributed by atoms with van der Waals surface area (Å²) in [6.07, 6.45) is 0. The summed E-state index contributed by atoms with van der Waals surface area (Å²) < 4.78 is 22.6. The van der Waals surface area contributed by atoms with Crippen molar-refractivity contribution >= 4 is 17.7 Å². The first-order valence-electron chi connectivity index (χ1n) is 5.71. The number of anilines is 1. The molecule has 0 radical (unpaired) electrons. The standard InChI is InChI=1S/C12H15FN2O5/c1-19-10-6-8(13)2-3-9(10)15-12(18)14-4-5-20-7-11(16)17/h2-3,6H,4-5,7H2,1H3,(H,16,17)(H2,14,15,18). The Hall–Kier alpha value is -2.35. The van der Waals surface area contributed by atoms with E-state index in [2.05, 4.69) is 10.6 Å². The van der Waals surface area contributed by atoms with E-state index in [1.165, 1.54) is 19.2 Å². The van der Waals surface area contributed by atoms with Crippen molar-refractivity contribution in [2.75, 3.05) is 32.2 Å². The molecule has 110 valence electrons. The summed E-state index contributed by atoms with van der Waals surface area (Å²) in [4.78, 5) is 21.7. The normalized spacial score (nSPS) is 9.90. The Morgan fingerprint density at radius 1 is 1.40 bits per heavy atom. The fourth-order valence-electron chi connectivity index (χ4n) is 1.33. The minimum atomic E-state index is -1.08. The molecule has 1 aromatic carbocycles. The van der Waals surface area contributed by atoms with E-state index >= 15 is 0 Å². The van der Waals surface area contributed by atoms with E-state index in [1.54, 1.807) is 0 Å². The average Bonchev–Trinajstić information content (AvgIpc) is 2.40. The predicted molar refractivity (Wildman–Crippen MR) is 68.4 cm³/mol. The molecule has 0 aliphatic rings. The van der Waals surface area contributed by atoms with Crippen LogP contribution in [0.5, 0.6) is 5.75 Å². The summed E-state index contributed by atoms with van der Waals surface area (Å²) in [5.74, 6) is -1.36. The van der Waals surface area contributed by atoms with Gasteiger partial charge in [0, 0.05) is 12.6 Å². The molecule has 1 rings (SSSR count). The lowest BCUT2D eigenvalue weighted by Gasteiger charge is -2.11. The van der Waals surface area contributed by atoms with Crippen LogP contribution in [0.3, 0.4) is 0 Å². The van der Waals surface area contributed by atoms with Crippen LogP contribution in [-0.4, -0.2) is 44.0 Å². The van der Waals surface area contributed by atoms with Crippen molar-refractivity contribution in [2.45, 2.75) is 0 Å². The van der Waals surface area contributed by atoms with Crippen molar-refractivity contribution in [3.8, 4) is 5.75 Å². The summed E-state index contributed by atoms with van der Waals surface area (Å²) >= 11 is 0. The largest absolute Gasteiger partial charge is 0.494 e. The SMILES string of the molecule is COc1cc(F)ccc1NC(=O)NCCOCC(=O)O. The van der Waals surface area contributed by atoms with Gasteiger partial charge >= 0.3 is 12.0 Å². The van der Waals surface area contributed by atoms with Gasteiger partial charge in [-0.15, -0.1) is 0 Å². The van der Waals surface area contributed by atoms with Gasteiger partial charge in [-0.05, 0) is 12.1 Å². The van der Waals surface area contributed by atoms with Gasteiger partial charge in [-0.3, -0.25) is 0 Å². The number of ether oxygens (including phenoxy) is 2. The molecule has 1 aromatic rings. The summed E-state index contributed by atoms with van der Waals surface area (Å²) in [5, 5.41) is 13.3. The summed E-state index contributed by atoms with van der Waals surface area (Å²) in [7, 11) is 1.36. The molecule has 0 saturated carbocycles. The van der Waals surface area contributed by atoms with Gasteiger partial charge in [0.05, 0.1) is 19.4 Å². The van der Waals surface area contributed by atoms with E-state index in [-0.39, 0.29) is 18.9 Å². The number of aliphatic carboxylic acids is 1. The average molecular weight is 286 g/mol. The van der Waals surface area contributed by atoms with Gasteiger partial charge in [-0.1, -0.05) is 0 Å². The third kappa shape index (κ3) is 5.53. The molecule has 2 amide bonds. The first kappa shape index (κ1) is 15.7. The lowest BCUT2D eigenvalue weighted by Crippen LogP contribution is -2.32. The van der Waals surface area contributed by atoms with E-state index in [0.29, 0.717) is 5.69 Å². The third-order valence-electron chi connectivity index (χ3n) is 2.17. The fourth-order valence-corrected chi connectivity index (χ4v) is 1.33. The number of halogens is 1. The van der Waals surface area contributed by atoms with Crippen LogP contribution in [0, 0.1) is 5.82 Å². The lowest BCUT2D eigenvalue weighted by atomic mass is 10.3. The van der Waals surface area contributed by atoms with Crippen molar-refractivity contribution < 1.29 is 28.6 Å². The quantitative estimate of drug-likeness (QED) is 0.651. The molecular weight excluding hydrogens is 271 g/mol. The molecule has 8 heteroatoms. The maximum absolute atomic E-state index is 13.0. The summed E-state index contributed by atoms with van der Waals surface area (Å²) in [6, 6.07) is 3.17. The molecule has 20 heavy (non-hydrogen) atoms. The van der Waals surface area contributed by atoms with E-state index < -0.39 is 24.4 Å². The molecule has 0 heterocycles. The number of methoxy groups -OCH3 is 1. The van der Waals surface area contributed by atoms with Crippen LogP contribution in [0.1, 0.15) is 0 Å². The fraction of sp³-hybridized carbons (Fsp3) is 0.333. The number of carbonyl (C=O) groups excluding carboxylic acids is 1. The van der Waals surface area contributed by atoms with Gasteiger partial charge in [0.15, 0.2) is 0 Å². The van der Waals surface area contributed by atoms with Gasteiger partial charge in [-0.25, -0.2) is 14.0 Å². The van der Waals surface area contributed by atoms with E-state index in [1.807, 2.05) is 0 Å². The Morgan fingerprint density at radius 3 is 2.80 bits per heavy atom. The Kier molecular flexibility index (Phi) is 6.24. The molecular formula is C12H15FN2O5. The molecule has 0 unspecified atom stereocenters. The van der Waals surface area contributed by atoms with Crippen LogP contribution in [0.4, 0.5) is 14.9 Å². The van der Waals surface area contributed by atoms with Crippen LogP contribution in [0.2, 0.25) is 0 Å². The number of carboxylic acids is 1. The highest BCUT2D eigenvalue weighted by Crippen LogP contribution is 2.24. The van der Waals surface area contributed by atoms with Gasteiger partial charge in [-0.2, -0.15) is 0 Å². The molecule has 7 nitrogen and oxygen atoms in total. The number of hydrogen-bond acceptors (Lipinski definition) is 4. The zero-order valence-electron chi connectivity index (χ0n) is 10.8. The molecule has 0 aliphatic heterocycles. The lowest BCUT2D eigenvalue weighted by molar-refractivity contribution is -0.142. The number of nitrogens with one attached hydrogen (secondary N) is 2. The van der Waals surface area contributed by atoms with Gasteiger partial charge in [0.2, 0.25) is 0 Å². The van der Waals surface area contributed by atoms with Crippen molar-refractivity contribution in [1.82, 2.24) is 5.32 Å². The first-order chi connectivity index (χ1) is 9.52. The zero-order valence-corrected chi connectivity index (χ0v) is 10.8. The topological polar surface area (TPSA) is 96.9 Å². The molecule has 0 bridgehead atoms. The van der Waals surface area contributed by atoms with Crippen LogP contribution >= 0.6 is 0 Å². The second kappa shape index (κ2) is 7.95. The highest BCUT2D eigenvalue weighted by molar-refractivity contribution is 5.90. The van der Waals surface area contributed by atoms with Crippen LogP contribution in [0.25, 0.3) is 0 Å². The highest BCUT2D eigenvalue weighted by atomic mass is 19.1. The number of amides is 2. The smallest absolute Gasteiger partial charge is 0.329 e. The van der Waals surface area contributed by atoms with Crippen molar-refractivity contribution in [3.63, 3.8) is 0 Å². The molecule has 0 fully saturated rings. The number of benzene rings is 1. The number of hydrogen-bond donors (Lipinski definition) is 3. The number of carbonyl (C=O) groups is 2. The van der Waals surface area contributed by atoms with E-state index in [9.17, 15) is 14.0 Å². The maximum atomic E-state index is 13.0. The van der Waals surface area contributed by atoms with Gasteiger partial charge in [0.1, 0.15) is 18.2 Å². The second-order valence-electron chi connectivity index (χ2n) is 3.67. The Balaban J connectivity index is 2.37. The molecule has 3 N–H and O–H groups in total. The van der Waals surface area contributed by atoms with E-state index in [4.69, 9.17) is 14.6 Å². The molecule has 0 aliphatic carbocycles. The van der Waals surface area contributed by atoms with Gasteiger partial charge in [0.25, 0.3) is 0 Å². The van der Waals surface area contributed by atoms with Crippen molar-refractivity contribution in [3.05, 3.63) is 24.0 Å². The number of carboxylic acid groups (broad SMARTS) is 1. The Morgan fingerprint density at radius 2 is 2.15 bits per heavy atom. The predicted octanol–water partition coefficient (Wildman–Crippen LogP) is 1.06. The van der Waals surface area contributed by atoms with Crippen LogP contribution in [-0.2, 0) is 9.53 Å². The zero-order chi connectivity index (χ0) is 15.0. The highest BCUT2D eigenvalue weighted by Gasteiger charge is 2.08. The Labute approximate surface area is 114 Å². The molecule has 0 aromatic heterocycles. The monoisotopic (exact) mass is 286 g/mol. The Bertz CT molecular complexity index is 481. The van der Waals surface area contributed by atoms with Crippen molar-refractivity contribution in [1.29, 1.82) is 0 Å². The van der Waals surface area contributed by atoms with Crippen LogP contribution < -0.4 is 15.4 Å². The summed E-state index contributed by atoms with van der Waals surface area (Å²) in [6.45, 7) is -0.210.